The predicted molar refractivity (Wildman–Crippen MR) is 110 cm³/mol. The molecule has 0 radical (unpaired) electrons. The van der Waals surface area contributed by atoms with Gasteiger partial charge in [0.25, 0.3) is 5.91 Å². The van der Waals surface area contributed by atoms with Gasteiger partial charge in [-0.3, -0.25) is 9.59 Å². The number of nitrogens with one attached hydrogen (secondary N) is 4. The van der Waals surface area contributed by atoms with Crippen molar-refractivity contribution < 1.29 is 29.4 Å². The number of rotatable bonds is 8. The molecule has 12 heteroatoms. The zero-order chi connectivity index (χ0) is 22.5. The fourth-order valence-corrected chi connectivity index (χ4v) is 3.15. The molecule has 2 rings (SSSR count). The highest BCUT2D eigenvalue weighted by atomic mass is 79.9. The second-order valence-corrected chi connectivity index (χ2v) is 7.99. The lowest BCUT2D eigenvalue weighted by molar-refractivity contribution is -0.138. The lowest BCUT2D eigenvalue weighted by atomic mass is 9.83. The van der Waals surface area contributed by atoms with E-state index in [-0.39, 0.29) is 0 Å². The number of halogens is 1. The van der Waals surface area contributed by atoms with Crippen LogP contribution in [0.25, 0.3) is 0 Å². The first kappa shape index (κ1) is 23.6. The molecule has 11 nitrogen and oxygen atoms in total. The number of hydrogen-bond donors (Lipinski definition) is 6. The SMILES string of the molecule is CC(C)C1(CC(=O)NC(CO)CO)NC(=O)N(NC(=O)Nc2ccc(Br)cc2)C1=O. The Labute approximate surface area is 181 Å². The van der Waals surface area contributed by atoms with E-state index in [4.69, 9.17) is 10.2 Å². The molecule has 6 N–H and O–H groups in total. The smallest absolute Gasteiger partial charge is 0.344 e. The molecule has 1 unspecified atom stereocenters. The van der Waals surface area contributed by atoms with E-state index in [1.165, 1.54) is 0 Å². The lowest BCUT2D eigenvalue weighted by Crippen LogP contribution is -2.56. The van der Waals surface area contributed by atoms with Gasteiger partial charge in [-0.1, -0.05) is 29.8 Å². The highest BCUT2D eigenvalue weighted by molar-refractivity contribution is 9.10. The van der Waals surface area contributed by atoms with Gasteiger partial charge < -0.3 is 26.2 Å². The molecule has 1 aliphatic rings. The fraction of sp³-hybridized carbons (Fsp3) is 0.444. The van der Waals surface area contributed by atoms with Gasteiger partial charge in [-0.05, 0) is 30.2 Å². The van der Waals surface area contributed by atoms with Gasteiger partial charge in [0.2, 0.25) is 5.91 Å². The van der Waals surface area contributed by atoms with Crippen molar-refractivity contribution in [1.29, 1.82) is 0 Å². The molecule has 0 saturated carbocycles. The van der Waals surface area contributed by atoms with Gasteiger partial charge in [0.1, 0.15) is 5.54 Å². The molecule has 164 valence electrons. The minimum atomic E-state index is -1.60. The van der Waals surface area contributed by atoms with Crippen LogP contribution in [0.1, 0.15) is 20.3 Å². The highest BCUT2D eigenvalue weighted by Gasteiger charge is 2.55. The van der Waals surface area contributed by atoms with Crippen LogP contribution in [0.4, 0.5) is 15.3 Å². The fourth-order valence-electron chi connectivity index (χ4n) is 2.88. The minimum Gasteiger partial charge on any atom is -0.394 e. The third kappa shape index (κ3) is 5.26. The van der Waals surface area contributed by atoms with Crippen LogP contribution in [0.5, 0.6) is 0 Å². The molecule has 1 saturated heterocycles. The van der Waals surface area contributed by atoms with E-state index >= 15 is 0 Å². The Kier molecular flexibility index (Phi) is 7.76. The van der Waals surface area contributed by atoms with E-state index in [1.807, 2.05) is 0 Å². The summed E-state index contributed by atoms with van der Waals surface area (Å²) in [5, 5.41) is 26.1. The van der Waals surface area contributed by atoms with Gasteiger partial charge in [0, 0.05) is 10.2 Å². The first-order chi connectivity index (χ1) is 14.1. The number of anilines is 1. The van der Waals surface area contributed by atoms with Crippen molar-refractivity contribution in [2.45, 2.75) is 31.8 Å². The molecule has 1 aromatic carbocycles. The molecule has 30 heavy (non-hydrogen) atoms. The summed E-state index contributed by atoms with van der Waals surface area (Å²) < 4.78 is 0.812. The standard InChI is InChI=1S/C18H24BrN5O6/c1-10(2)18(7-14(27)20-13(8-25)9-26)15(28)24(17(30)22-18)23-16(29)21-12-5-3-11(19)4-6-12/h3-6,10,13,25-26H,7-9H2,1-2H3,(H,20,27)(H,22,30)(H2,21,23,29). The summed E-state index contributed by atoms with van der Waals surface area (Å²) in [6.45, 7) is 2.32. The van der Waals surface area contributed by atoms with Gasteiger partial charge >= 0.3 is 12.1 Å². The van der Waals surface area contributed by atoms with Crippen molar-refractivity contribution in [3.8, 4) is 0 Å². The van der Waals surface area contributed by atoms with Gasteiger partial charge in [-0.2, -0.15) is 5.01 Å². The highest BCUT2D eigenvalue weighted by Crippen LogP contribution is 2.29. The Morgan fingerprint density at radius 1 is 1.17 bits per heavy atom. The zero-order valence-electron chi connectivity index (χ0n) is 16.4. The first-order valence-electron chi connectivity index (χ1n) is 9.14. The third-order valence-corrected chi connectivity index (χ3v) is 5.19. The van der Waals surface area contributed by atoms with E-state index < -0.39 is 61.0 Å². The molecule has 0 aromatic heterocycles. The number of benzene rings is 1. The van der Waals surface area contributed by atoms with Crippen LogP contribution in [0.3, 0.4) is 0 Å². The number of hydrazine groups is 1. The van der Waals surface area contributed by atoms with Gasteiger partial charge in [-0.25, -0.2) is 15.0 Å². The van der Waals surface area contributed by atoms with Crippen LogP contribution >= 0.6 is 15.9 Å². The van der Waals surface area contributed by atoms with Crippen LogP contribution in [-0.2, 0) is 9.59 Å². The molecule has 1 fully saturated rings. The van der Waals surface area contributed by atoms with Crippen molar-refractivity contribution in [3.63, 3.8) is 0 Å². The molecule has 1 aliphatic heterocycles. The molecule has 0 aliphatic carbocycles. The average Bonchev–Trinajstić information content (AvgIpc) is 2.93. The van der Waals surface area contributed by atoms with Crippen LogP contribution in [-0.4, -0.2) is 63.9 Å². The topological polar surface area (TPSA) is 160 Å². The molecule has 1 atom stereocenters. The Morgan fingerprint density at radius 2 is 1.77 bits per heavy atom. The summed E-state index contributed by atoms with van der Waals surface area (Å²) in [6, 6.07) is 4.07. The maximum Gasteiger partial charge on any atom is 0.344 e. The molecule has 0 spiro atoms. The number of urea groups is 2. The van der Waals surface area contributed by atoms with Crippen LogP contribution in [0, 0.1) is 5.92 Å². The summed E-state index contributed by atoms with van der Waals surface area (Å²) in [5.41, 5.74) is 1.03. The quantitative estimate of drug-likeness (QED) is 0.290. The third-order valence-electron chi connectivity index (χ3n) is 4.66. The van der Waals surface area contributed by atoms with E-state index in [0.29, 0.717) is 10.7 Å². The van der Waals surface area contributed by atoms with Gasteiger partial charge in [0.05, 0.1) is 25.7 Å². The summed E-state index contributed by atoms with van der Waals surface area (Å²) in [6.07, 6.45) is -0.432. The van der Waals surface area contributed by atoms with Gasteiger partial charge in [0.15, 0.2) is 0 Å². The number of nitrogens with zero attached hydrogens (tertiary/aromatic N) is 1. The van der Waals surface area contributed by atoms with Crippen LogP contribution < -0.4 is 21.4 Å². The normalized spacial score (nSPS) is 18.6. The Balaban J connectivity index is 2.11. The summed E-state index contributed by atoms with van der Waals surface area (Å²) >= 11 is 3.27. The van der Waals surface area contributed by atoms with E-state index in [1.54, 1.807) is 38.1 Å². The second-order valence-electron chi connectivity index (χ2n) is 7.08. The lowest BCUT2D eigenvalue weighted by Gasteiger charge is -2.30. The van der Waals surface area contributed by atoms with Crippen LogP contribution in [0.2, 0.25) is 0 Å². The molecular weight excluding hydrogens is 462 g/mol. The number of carbonyl (C=O) groups excluding carboxylic acids is 4. The Hall–Kier alpha value is -2.70. The first-order valence-corrected chi connectivity index (χ1v) is 9.93. The minimum absolute atomic E-state index is 0.432. The molecular formula is C18H24BrN5O6. The van der Waals surface area contributed by atoms with Crippen LogP contribution in [0.15, 0.2) is 28.7 Å². The zero-order valence-corrected chi connectivity index (χ0v) is 18.0. The second kappa shape index (κ2) is 9.87. The summed E-state index contributed by atoms with van der Waals surface area (Å²) in [7, 11) is 0. The number of imide groups is 1. The number of aliphatic hydroxyl groups excluding tert-OH is 2. The number of hydrogen-bond acceptors (Lipinski definition) is 6. The van der Waals surface area contributed by atoms with Crippen molar-refractivity contribution in [3.05, 3.63) is 28.7 Å². The largest absolute Gasteiger partial charge is 0.394 e. The number of aliphatic hydroxyl groups is 2. The molecule has 1 aromatic rings. The van der Waals surface area contributed by atoms with Gasteiger partial charge in [-0.15, -0.1) is 0 Å². The Bertz CT molecular complexity index is 814. The predicted octanol–water partition coefficient (Wildman–Crippen LogP) is 0.292. The van der Waals surface area contributed by atoms with Crippen molar-refractivity contribution in [2.75, 3.05) is 18.5 Å². The van der Waals surface area contributed by atoms with Crippen molar-refractivity contribution in [1.82, 2.24) is 21.1 Å². The van der Waals surface area contributed by atoms with E-state index in [2.05, 4.69) is 37.3 Å². The monoisotopic (exact) mass is 485 g/mol. The maximum atomic E-state index is 13.0. The Morgan fingerprint density at radius 3 is 2.30 bits per heavy atom. The average molecular weight is 486 g/mol. The summed E-state index contributed by atoms with van der Waals surface area (Å²) in [5.74, 6) is -1.94. The maximum absolute atomic E-state index is 13.0. The summed E-state index contributed by atoms with van der Waals surface area (Å²) in [4.78, 5) is 49.9. The number of carbonyl (C=O) groups is 4. The van der Waals surface area contributed by atoms with E-state index in [9.17, 15) is 19.2 Å². The molecule has 1 heterocycles. The molecule has 6 amide bonds. The van der Waals surface area contributed by atoms with Crippen molar-refractivity contribution >= 4 is 45.5 Å². The van der Waals surface area contributed by atoms with Crippen molar-refractivity contribution in [2.24, 2.45) is 5.92 Å². The van der Waals surface area contributed by atoms with E-state index in [0.717, 1.165) is 4.47 Å². The molecule has 0 bridgehead atoms. The number of amides is 6.